The molecule has 31 heavy (non-hydrogen) atoms. The fourth-order valence-electron chi connectivity index (χ4n) is 2.84. The molecule has 0 radical (unpaired) electrons. The topological polar surface area (TPSA) is 71.3 Å². The maximum atomic E-state index is 13.1. The molecule has 8 heteroatoms. The minimum atomic E-state index is -2.75. The molecule has 3 aromatic rings. The largest absolute Gasteiger partial charge is 0.493 e. The van der Waals surface area contributed by atoms with Crippen LogP contribution in [0.4, 0.5) is 14.5 Å². The van der Waals surface area contributed by atoms with Gasteiger partial charge in [0.05, 0.1) is 25.2 Å². The molecule has 0 aromatic heterocycles. The van der Waals surface area contributed by atoms with Gasteiger partial charge in [-0.3, -0.25) is 4.79 Å². The molecular weight excluding hydrogens is 422 g/mol. The lowest BCUT2D eigenvalue weighted by Crippen LogP contribution is -2.14. The number of rotatable bonds is 7. The summed E-state index contributed by atoms with van der Waals surface area (Å²) < 4.78 is 37.2. The molecule has 0 aliphatic carbocycles. The van der Waals surface area contributed by atoms with Crippen molar-refractivity contribution in [3.63, 3.8) is 0 Å². The van der Waals surface area contributed by atoms with Gasteiger partial charge in [0.2, 0.25) is 5.91 Å². The van der Waals surface area contributed by atoms with E-state index in [2.05, 4.69) is 17.9 Å². The number of nitrogens with one attached hydrogen (secondary N) is 1. The molecule has 0 heterocycles. The highest BCUT2D eigenvalue weighted by atomic mass is 32.1. The van der Waals surface area contributed by atoms with E-state index in [0.717, 1.165) is 17.0 Å². The predicted molar refractivity (Wildman–Crippen MR) is 115 cm³/mol. The first-order chi connectivity index (χ1) is 14.9. The number of methoxy groups -OCH3 is 1. The third-order valence-electron chi connectivity index (χ3n) is 4.28. The summed E-state index contributed by atoms with van der Waals surface area (Å²) >= 11 is 4.21. The number of alkyl halides is 2. The SMILES string of the molecule is COc1ccc(CC(=O)Nc2ccc(S)cc2)cc1Oc1cc(C#N)cc(C(F)F)c1. The van der Waals surface area contributed by atoms with Crippen molar-refractivity contribution >= 4 is 24.2 Å². The van der Waals surface area contributed by atoms with Crippen LogP contribution in [0.1, 0.15) is 23.1 Å². The average molecular weight is 440 g/mol. The normalized spacial score (nSPS) is 10.5. The summed E-state index contributed by atoms with van der Waals surface area (Å²) in [4.78, 5) is 13.2. The van der Waals surface area contributed by atoms with E-state index in [1.165, 1.54) is 13.2 Å². The first kappa shape index (κ1) is 22.1. The number of ether oxygens (including phenoxy) is 2. The Kier molecular flexibility index (Phi) is 7.11. The van der Waals surface area contributed by atoms with E-state index in [1.54, 1.807) is 42.5 Å². The molecule has 0 atom stereocenters. The van der Waals surface area contributed by atoms with E-state index in [4.69, 9.17) is 14.7 Å². The van der Waals surface area contributed by atoms with Gasteiger partial charge in [0.25, 0.3) is 6.43 Å². The number of anilines is 1. The molecule has 0 saturated carbocycles. The Labute approximate surface area is 183 Å². The highest BCUT2D eigenvalue weighted by Crippen LogP contribution is 2.34. The minimum Gasteiger partial charge on any atom is -0.493 e. The second kappa shape index (κ2) is 9.96. The maximum absolute atomic E-state index is 13.1. The Morgan fingerprint density at radius 3 is 2.48 bits per heavy atom. The highest BCUT2D eigenvalue weighted by Gasteiger charge is 2.14. The van der Waals surface area contributed by atoms with Crippen LogP contribution in [0.5, 0.6) is 17.2 Å². The summed E-state index contributed by atoms with van der Waals surface area (Å²) in [5.41, 5.74) is 0.996. The van der Waals surface area contributed by atoms with E-state index in [1.807, 2.05) is 6.07 Å². The van der Waals surface area contributed by atoms with Gasteiger partial charge in [-0.05, 0) is 60.2 Å². The van der Waals surface area contributed by atoms with Crippen LogP contribution in [0, 0.1) is 11.3 Å². The molecular formula is C23H18F2N2O3S. The Bertz CT molecular complexity index is 1130. The number of halogens is 2. The first-order valence-electron chi connectivity index (χ1n) is 9.15. The van der Waals surface area contributed by atoms with Crippen LogP contribution >= 0.6 is 12.6 Å². The number of nitriles is 1. The molecule has 1 amide bonds. The zero-order chi connectivity index (χ0) is 22.4. The number of thiol groups is 1. The molecule has 1 N–H and O–H groups in total. The zero-order valence-electron chi connectivity index (χ0n) is 16.4. The lowest BCUT2D eigenvalue weighted by Gasteiger charge is -2.13. The van der Waals surface area contributed by atoms with Gasteiger partial charge < -0.3 is 14.8 Å². The second-order valence-electron chi connectivity index (χ2n) is 6.56. The van der Waals surface area contributed by atoms with Gasteiger partial charge in [0.15, 0.2) is 11.5 Å². The number of carbonyl (C=O) groups is 1. The summed E-state index contributed by atoms with van der Waals surface area (Å²) in [6.07, 6.45) is -2.69. The van der Waals surface area contributed by atoms with Gasteiger partial charge >= 0.3 is 0 Å². The number of hydrogen-bond donors (Lipinski definition) is 2. The average Bonchev–Trinajstić information content (AvgIpc) is 2.75. The van der Waals surface area contributed by atoms with Crippen molar-refractivity contribution in [1.82, 2.24) is 0 Å². The van der Waals surface area contributed by atoms with Gasteiger partial charge in [-0.15, -0.1) is 12.6 Å². The molecule has 0 saturated heterocycles. The molecule has 0 aliphatic heterocycles. The Hall–Kier alpha value is -3.57. The molecule has 0 unspecified atom stereocenters. The van der Waals surface area contributed by atoms with Crippen molar-refractivity contribution in [3.8, 4) is 23.3 Å². The quantitative estimate of drug-likeness (QED) is 0.458. The van der Waals surface area contributed by atoms with Crippen molar-refractivity contribution in [2.75, 3.05) is 12.4 Å². The molecule has 3 aromatic carbocycles. The lowest BCUT2D eigenvalue weighted by molar-refractivity contribution is -0.115. The van der Waals surface area contributed by atoms with E-state index < -0.39 is 6.43 Å². The number of amides is 1. The number of hydrogen-bond acceptors (Lipinski definition) is 5. The summed E-state index contributed by atoms with van der Waals surface area (Å²) in [7, 11) is 1.44. The molecule has 158 valence electrons. The molecule has 0 fully saturated rings. The van der Waals surface area contributed by atoms with Gasteiger partial charge in [0, 0.05) is 16.1 Å². The van der Waals surface area contributed by atoms with Crippen LogP contribution in [0.3, 0.4) is 0 Å². The zero-order valence-corrected chi connectivity index (χ0v) is 17.3. The molecule has 0 bridgehead atoms. The van der Waals surface area contributed by atoms with Gasteiger partial charge in [0.1, 0.15) is 5.75 Å². The van der Waals surface area contributed by atoms with Crippen LogP contribution in [-0.4, -0.2) is 13.0 Å². The fraction of sp³-hybridized carbons (Fsp3) is 0.130. The highest BCUT2D eigenvalue weighted by molar-refractivity contribution is 7.80. The van der Waals surface area contributed by atoms with Crippen LogP contribution in [-0.2, 0) is 11.2 Å². The monoisotopic (exact) mass is 440 g/mol. The lowest BCUT2D eigenvalue weighted by atomic mass is 10.1. The standard InChI is InChI=1S/C23H18F2N2O3S/c1-29-20-7-2-14(11-22(28)27-17-3-5-19(31)6-4-17)10-21(20)30-18-9-15(13-26)8-16(12-18)23(24)25/h2-10,12,23,31H,11H2,1H3,(H,27,28). The van der Waals surface area contributed by atoms with Gasteiger partial charge in [-0.1, -0.05) is 6.07 Å². The molecule has 0 aliphatic rings. The third-order valence-corrected chi connectivity index (χ3v) is 4.58. The van der Waals surface area contributed by atoms with Crippen molar-refractivity contribution in [2.45, 2.75) is 17.7 Å². The van der Waals surface area contributed by atoms with Crippen molar-refractivity contribution < 1.29 is 23.0 Å². The van der Waals surface area contributed by atoms with Crippen molar-refractivity contribution in [2.24, 2.45) is 0 Å². The summed E-state index contributed by atoms with van der Waals surface area (Å²) in [6.45, 7) is 0. The van der Waals surface area contributed by atoms with Crippen LogP contribution in [0.15, 0.2) is 65.6 Å². The van der Waals surface area contributed by atoms with Gasteiger partial charge in [-0.2, -0.15) is 5.26 Å². The van der Waals surface area contributed by atoms with Crippen LogP contribution in [0.25, 0.3) is 0 Å². The van der Waals surface area contributed by atoms with E-state index in [9.17, 15) is 13.6 Å². The van der Waals surface area contributed by atoms with Crippen LogP contribution in [0.2, 0.25) is 0 Å². The summed E-state index contributed by atoms with van der Waals surface area (Å²) in [6, 6.07) is 17.4. The van der Waals surface area contributed by atoms with Crippen molar-refractivity contribution in [1.29, 1.82) is 5.26 Å². The third kappa shape index (κ3) is 5.96. The number of carbonyl (C=O) groups excluding carboxylic acids is 1. The van der Waals surface area contributed by atoms with Crippen LogP contribution < -0.4 is 14.8 Å². The Balaban J connectivity index is 1.81. The van der Waals surface area contributed by atoms with Crippen molar-refractivity contribution in [3.05, 3.63) is 77.4 Å². The van der Waals surface area contributed by atoms with E-state index in [-0.39, 0.29) is 35.0 Å². The smallest absolute Gasteiger partial charge is 0.264 e. The molecule has 5 nitrogen and oxygen atoms in total. The minimum absolute atomic E-state index is 0.0505. The number of nitrogens with zero attached hydrogens (tertiary/aromatic N) is 1. The first-order valence-corrected chi connectivity index (χ1v) is 9.59. The maximum Gasteiger partial charge on any atom is 0.264 e. The van der Waals surface area contributed by atoms with E-state index in [0.29, 0.717) is 17.0 Å². The second-order valence-corrected chi connectivity index (χ2v) is 7.08. The Morgan fingerprint density at radius 2 is 1.84 bits per heavy atom. The molecule has 3 rings (SSSR count). The molecule has 0 spiro atoms. The fourth-order valence-corrected chi connectivity index (χ4v) is 2.99. The van der Waals surface area contributed by atoms with Gasteiger partial charge in [-0.25, -0.2) is 8.78 Å². The Morgan fingerprint density at radius 1 is 1.10 bits per heavy atom. The number of benzene rings is 3. The van der Waals surface area contributed by atoms with E-state index >= 15 is 0 Å². The summed E-state index contributed by atoms with van der Waals surface area (Å²) in [5, 5.41) is 11.9. The predicted octanol–water partition coefficient (Wildman–Crippen LogP) is 5.77. The summed E-state index contributed by atoms with van der Waals surface area (Å²) in [5.74, 6) is 0.424.